The Labute approximate surface area is 109 Å². The third kappa shape index (κ3) is 4.06. The lowest BCUT2D eigenvalue weighted by molar-refractivity contribution is -0.385. The Hall–Kier alpha value is -2.44. The molecule has 0 aromatic heterocycles. The first kappa shape index (κ1) is 14.6. The Bertz CT molecular complexity index is 511. The third-order valence-corrected chi connectivity index (χ3v) is 2.44. The fraction of sp³-hybridized carbons (Fsp3) is 0.333. The highest BCUT2D eigenvalue weighted by Crippen LogP contribution is 2.24. The van der Waals surface area contributed by atoms with Crippen LogP contribution >= 0.6 is 0 Å². The normalized spacial score (nSPS) is 9.79. The molecule has 1 aromatic carbocycles. The summed E-state index contributed by atoms with van der Waals surface area (Å²) in [6, 6.07) is 4.11. The Balaban J connectivity index is 2.94. The average molecular weight is 267 g/mol. The monoisotopic (exact) mass is 267 g/mol. The molecule has 0 unspecified atom stereocenters. The van der Waals surface area contributed by atoms with E-state index in [1.165, 1.54) is 32.4 Å². The molecule has 1 rings (SSSR count). The van der Waals surface area contributed by atoms with Crippen LogP contribution < -0.4 is 4.74 Å². The maximum Gasteiger partial charge on any atom is 0.313 e. The van der Waals surface area contributed by atoms with Crippen LogP contribution in [0.1, 0.15) is 12.0 Å². The Morgan fingerprint density at radius 3 is 2.53 bits per heavy atom. The van der Waals surface area contributed by atoms with Crippen molar-refractivity contribution < 1.29 is 24.0 Å². The summed E-state index contributed by atoms with van der Waals surface area (Å²) in [5.41, 5.74) is 0.0252. The highest BCUT2D eigenvalue weighted by Gasteiger charge is 2.19. The maximum absolute atomic E-state index is 11.6. The quantitative estimate of drug-likeness (QED) is 0.333. The second kappa shape index (κ2) is 6.48. The van der Waals surface area contributed by atoms with E-state index in [1.54, 1.807) is 0 Å². The summed E-state index contributed by atoms with van der Waals surface area (Å²) < 4.78 is 9.31. The molecule has 0 amide bonds. The molecule has 0 bridgehead atoms. The van der Waals surface area contributed by atoms with Crippen molar-refractivity contribution in [1.82, 2.24) is 0 Å². The first-order valence-corrected chi connectivity index (χ1v) is 5.37. The van der Waals surface area contributed by atoms with Crippen molar-refractivity contribution >= 4 is 17.4 Å². The molecule has 0 saturated carbocycles. The number of methoxy groups -OCH3 is 2. The molecule has 0 fully saturated rings. The molecule has 0 atom stereocenters. The van der Waals surface area contributed by atoms with Crippen LogP contribution in [-0.4, -0.2) is 30.9 Å². The number of nitro benzene ring substituents is 1. The predicted molar refractivity (Wildman–Crippen MR) is 65.0 cm³/mol. The number of carbonyl (C=O) groups excluding carboxylic acids is 2. The number of carbonyl (C=O) groups is 2. The number of hydrogen-bond donors (Lipinski definition) is 0. The molecule has 7 nitrogen and oxygen atoms in total. The number of nitrogens with zero attached hydrogens (tertiary/aromatic N) is 1. The largest absolute Gasteiger partial charge is 0.497 e. The molecular weight excluding hydrogens is 254 g/mol. The van der Waals surface area contributed by atoms with Crippen molar-refractivity contribution in [3.05, 3.63) is 33.9 Å². The van der Waals surface area contributed by atoms with Gasteiger partial charge >= 0.3 is 5.97 Å². The number of ether oxygens (including phenoxy) is 2. The van der Waals surface area contributed by atoms with Crippen LogP contribution in [0.15, 0.2) is 18.2 Å². The summed E-state index contributed by atoms with van der Waals surface area (Å²) in [4.78, 5) is 32.8. The number of ketones is 1. The molecule has 7 heteroatoms. The van der Waals surface area contributed by atoms with E-state index < -0.39 is 23.1 Å². The van der Waals surface area contributed by atoms with Crippen LogP contribution in [-0.2, 0) is 20.7 Å². The maximum atomic E-state index is 11.6. The second-order valence-corrected chi connectivity index (χ2v) is 3.72. The number of esters is 1. The van der Waals surface area contributed by atoms with Gasteiger partial charge in [-0.25, -0.2) is 0 Å². The van der Waals surface area contributed by atoms with Crippen LogP contribution in [0.2, 0.25) is 0 Å². The summed E-state index contributed by atoms with van der Waals surface area (Å²) in [7, 11) is 2.59. The van der Waals surface area contributed by atoms with Crippen molar-refractivity contribution in [2.75, 3.05) is 14.2 Å². The predicted octanol–water partition coefficient (Wildman–Crippen LogP) is 1.28. The third-order valence-electron chi connectivity index (χ3n) is 2.44. The summed E-state index contributed by atoms with van der Waals surface area (Å²) in [5.74, 6) is -0.717. The zero-order chi connectivity index (χ0) is 14.4. The molecule has 0 radical (unpaired) electrons. The van der Waals surface area contributed by atoms with Gasteiger partial charge in [0, 0.05) is 18.1 Å². The molecule has 0 heterocycles. The Morgan fingerprint density at radius 1 is 1.32 bits per heavy atom. The lowest BCUT2D eigenvalue weighted by Gasteiger charge is -2.05. The van der Waals surface area contributed by atoms with Crippen LogP contribution in [0.4, 0.5) is 5.69 Å². The van der Waals surface area contributed by atoms with Crippen LogP contribution in [0.3, 0.4) is 0 Å². The van der Waals surface area contributed by atoms with Gasteiger partial charge in [0.15, 0.2) is 0 Å². The van der Waals surface area contributed by atoms with Gasteiger partial charge in [-0.1, -0.05) is 0 Å². The number of rotatable bonds is 6. The number of Topliss-reactive ketones (excluding diaryl/α,β-unsaturated/α-hetero) is 1. The molecule has 0 N–H and O–H groups in total. The van der Waals surface area contributed by atoms with Gasteiger partial charge in [0.25, 0.3) is 5.69 Å². The molecule has 0 spiro atoms. The van der Waals surface area contributed by atoms with Crippen molar-refractivity contribution in [2.24, 2.45) is 0 Å². The van der Waals surface area contributed by atoms with E-state index >= 15 is 0 Å². The van der Waals surface area contributed by atoms with Gasteiger partial charge in [0.1, 0.15) is 18.0 Å². The average Bonchev–Trinajstić information content (AvgIpc) is 2.37. The lowest BCUT2D eigenvalue weighted by atomic mass is 10.0. The highest BCUT2D eigenvalue weighted by molar-refractivity contribution is 5.96. The fourth-order valence-corrected chi connectivity index (χ4v) is 1.52. The van der Waals surface area contributed by atoms with Crippen molar-refractivity contribution in [3.8, 4) is 5.75 Å². The van der Waals surface area contributed by atoms with E-state index in [9.17, 15) is 19.7 Å². The minimum Gasteiger partial charge on any atom is -0.497 e. The minimum atomic E-state index is -0.671. The molecule has 102 valence electrons. The molecule has 0 aliphatic heterocycles. The summed E-state index contributed by atoms with van der Waals surface area (Å²) in [6.07, 6.45) is -0.631. The van der Waals surface area contributed by atoms with Crippen molar-refractivity contribution in [1.29, 1.82) is 0 Å². The zero-order valence-corrected chi connectivity index (χ0v) is 10.5. The van der Waals surface area contributed by atoms with Crippen LogP contribution in [0.5, 0.6) is 5.75 Å². The lowest BCUT2D eigenvalue weighted by Crippen LogP contribution is -2.12. The highest BCUT2D eigenvalue weighted by atomic mass is 16.6. The van der Waals surface area contributed by atoms with Gasteiger partial charge in [-0.15, -0.1) is 0 Å². The van der Waals surface area contributed by atoms with Crippen LogP contribution in [0, 0.1) is 10.1 Å². The second-order valence-electron chi connectivity index (χ2n) is 3.72. The van der Waals surface area contributed by atoms with E-state index in [1.807, 2.05) is 0 Å². The van der Waals surface area contributed by atoms with Gasteiger partial charge in [0.05, 0.1) is 19.1 Å². The van der Waals surface area contributed by atoms with E-state index in [0.29, 0.717) is 5.75 Å². The van der Waals surface area contributed by atoms with Crippen molar-refractivity contribution in [2.45, 2.75) is 12.8 Å². The van der Waals surface area contributed by atoms with Gasteiger partial charge in [-0.3, -0.25) is 19.7 Å². The van der Waals surface area contributed by atoms with E-state index in [4.69, 9.17) is 4.74 Å². The van der Waals surface area contributed by atoms with Gasteiger partial charge in [0.2, 0.25) is 0 Å². The molecule has 1 aromatic rings. The SMILES string of the molecule is COC(=O)CC(=O)Cc1cc(OC)ccc1[N+](=O)[O-]. The van der Waals surface area contributed by atoms with E-state index in [0.717, 1.165) is 0 Å². The number of nitro groups is 1. The summed E-state index contributed by atoms with van der Waals surface area (Å²) in [5, 5.41) is 10.8. The summed E-state index contributed by atoms with van der Waals surface area (Å²) in [6.45, 7) is 0. The molecule has 0 aliphatic rings. The molecular formula is C12H13NO6. The van der Waals surface area contributed by atoms with E-state index in [2.05, 4.69) is 4.74 Å². The summed E-state index contributed by atoms with van der Waals surface area (Å²) >= 11 is 0. The van der Waals surface area contributed by atoms with Crippen LogP contribution in [0.25, 0.3) is 0 Å². The number of benzene rings is 1. The first-order chi connectivity index (χ1) is 8.97. The van der Waals surface area contributed by atoms with Gasteiger partial charge in [-0.05, 0) is 12.1 Å². The molecule has 0 aliphatic carbocycles. The van der Waals surface area contributed by atoms with Crippen molar-refractivity contribution in [3.63, 3.8) is 0 Å². The standard InChI is InChI=1S/C12H13NO6/c1-18-10-3-4-11(13(16)17)8(6-10)5-9(14)7-12(15)19-2/h3-4,6H,5,7H2,1-2H3. The topological polar surface area (TPSA) is 95.7 Å². The Morgan fingerprint density at radius 2 is 2.00 bits per heavy atom. The minimum absolute atomic E-state index is 0.181. The molecule has 0 saturated heterocycles. The van der Waals surface area contributed by atoms with E-state index in [-0.39, 0.29) is 17.7 Å². The smallest absolute Gasteiger partial charge is 0.313 e. The molecule has 19 heavy (non-hydrogen) atoms. The van der Waals surface area contributed by atoms with Gasteiger partial charge < -0.3 is 9.47 Å². The fourth-order valence-electron chi connectivity index (χ4n) is 1.52. The number of hydrogen-bond acceptors (Lipinski definition) is 6. The Kier molecular flexibility index (Phi) is 4.99. The van der Waals surface area contributed by atoms with Gasteiger partial charge in [-0.2, -0.15) is 0 Å². The zero-order valence-electron chi connectivity index (χ0n) is 10.5. The first-order valence-electron chi connectivity index (χ1n) is 5.37.